The Bertz CT molecular complexity index is 3750. The second-order valence-electron chi connectivity index (χ2n) is 28.2. The SMILES string of the molecule is CCCCCCCCCCCCN1C(=O)c2c(C)sc(-c3cc4c(CCC(CC)CCCC)c5sc(-c6ccc(-c7cc8c(CCC(CC)CCCC)c9sc(C)cc9c(CCC(CC)CCCC)c8s7)c7nsnc67)cc5c(CCC(CC)CCCC)c4s3)c2C1=O. The lowest BCUT2D eigenvalue weighted by atomic mass is 9.88. The van der Waals surface area contributed by atoms with Crippen LogP contribution in [-0.4, -0.2) is 32.0 Å². The third kappa shape index (κ3) is 16.5. The molecular formula is C82H113N3O2S6. The molecule has 0 saturated carbocycles. The van der Waals surface area contributed by atoms with Crippen molar-refractivity contribution in [1.29, 1.82) is 0 Å². The number of aromatic nitrogens is 2. The maximum atomic E-state index is 14.7. The molecular weight excluding hydrogens is 1250 g/mol. The first kappa shape index (κ1) is 71.9. The van der Waals surface area contributed by atoms with Crippen molar-refractivity contribution in [1.82, 2.24) is 13.6 Å². The Morgan fingerprint density at radius 2 is 0.742 bits per heavy atom. The van der Waals surface area contributed by atoms with E-state index in [0.717, 1.165) is 88.9 Å². The van der Waals surface area contributed by atoms with Crippen molar-refractivity contribution in [3.05, 3.63) is 79.5 Å². The number of fused-ring (bicyclic) bond motifs is 6. The average Bonchev–Trinajstić information content (AvgIpc) is 1.58. The van der Waals surface area contributed by atoms with Crippen LogP contribution in [0.2, 0.25) is 0 Å². The molecule has 93 heavy (non-hydrogen) atoms. The van der Waals surface area contributed by atoms with E-state index in [1.54, 1.807) is 27.4 Å². The molecule has 0 fully saturated rings. The van der Waals surface area contributed by atoms with E-state index >= 15 is 0 Å². The van der Waals surface area contributed by atoms with Gasteiger partial charge in [0.25, 0.3) is 11.8 Å². The van der Waals surface area contributed by atoms with Gasteiger partial charge in [0.05, 0.1) is 27.7 Å². The Balaban J connectivity index is 1.06. The number of unbranched alkanes of at least 4 members (excludes halogenated alkanes) is 13. The molecule has 0 N–H and O–H groups in total. The molecule has 5 nitrogen and oxygen atoms in total. The lowest BCUT2D eigenvalue weighted by molar-refractivity contribution is 0.0651. The summed E-state index contributed by atoms with van der Waals surface area (Å²) in [7, 11) is 0. The van der Waals surface area contributed by atoms with Crippen molar-refractivity contribution in [2.75, 3.05) is 6.54 Å². The van der Waals surface area contributed by atoms with Gasteiger partial charge in [-0.3, -0.25) is 14.5 Å². The highest BCUT2D eigenvalue weighted by Crippen LogP contribution is 2.53. The number of imide groups is 1. The fourth-order valence-corrected chi connectivity index (χ4v) is 22.5. The van der Waals surface area contributed by atoms with E-state index in [9.17, 15) is 9.59 Å². The van der Waals surface area contributed by atoms with Crippen LogP contribution in [0, 0.1) is 37.5 Å². The van der Waals surface area contributed by atoms with E-state index in [1.165, 1.54) is 256 Å². The third-order valence-corrected chi connectivity index (χ3v) is 28.3. The molecule has 7 heterocycles. The number of thiophene rings is 5. The Kier molecular flexibility index (Phi) is 27.1. The van der Waals surface area contributed by atoms with Gasteiger partial charge in [0.2, 0.25) is 0 Å². The molecule has 2 amide bonds. The zero-order valence-corrected chi connectivity index (χ0v) is 64.0. The number of carbonyl (C=O) groups excluding carboxylic acids is 2. The van der Waals surface area contributed by atoms with Crippen LogP contribution in [0.15, 0.2) is 36.4 Å². The van der Waals surface area contributed by atoms with Gasteiger partial charge in [0.1, 0.15) is 11.0 Å². The summed E-state index contributed by atoms with van der Waals surface area (Å²) in [5.74, 6) is 2.67. The molecule has 0 aliphatic carbocycles. The standard InChI is InChI=1S/C82H113N3O2S6/c1-12-21-26-27-28-29-30-31-32-33-48-85-81(86)72-54(11)89-80(73(72)82(85)87)71-52-68-62(45-41-58(20-9)37-25-16-5)78-67(61(79(68)92-71)44-40-57(19-8)36-24-15-4)51-70(91-78)64-47-46-63(74-75(64)84-93-83-74)69-50-66-60(43-39-56(18-7)35-23-14-3)76-65(49-53(10)88-76)59(77(66)90-69)42-38-55(17-6)34-22-13-2/h46-47,49-52,55-58H,12-45,48H2,1-11H3. The number of amides is 2. The molecule has 11 heteroatoms. The van der Waals surface area contributed by atoms with Crippen LogP contribution in [0.1, 0.15) is 308 Å². The van der Waals surface area contributed by atoms with Crippen LogP contribution in [0.4, 0.5) is 0 Å². The third-order valence-electron chi connectivity index (χ3n) is 21.7. The van der Waals surface area contributed by atoms with E-state index in [2.05, 4.69) is 113 Å². The van der Waals surface area contributed by atoms with Gasteiger partial charge in [-0.05, 0) is 163 Å². The number of benzene rings is 3. The maximum absolute atomic E-state index is 14.7. The molecule has 6 aromatic heterocycles. The summed E-state index contributed by atoms with van der Waals surface area (Å²) < 4.78 is 16.4. The van der Waals surface area contributed by atoms with Gasteiger partial charge in [-0.25, -0.2) is 0 Å². The molecule has 0 saturated heterocycles. The highest BCUT2D eigenvalue weighted by molar-refractivity contribution is 7.27. The second kappa shape index (κ2) is 35.1. The number of hydrogen-bond donors (Lipinski definition) is 0. The van der Waals surface area contributed by atoms with Crippen molar-refractivity contribution >= 4 is 132 Å². The monoisotopic (exact) mass is 1360 g/mol. The van der Waals surface area contributed by atoms with Gasteiger partial charge in [-0.1, -0.05) is 235 Å². The first-order valence-electron chi connectivity index (χ1n) is 37.7. The van der Waals surface area contributed by atoms with Gasteiger partial charge in [0.15, 0.2) is 0 Å². The summed E-state index contributed by atoms with van der Waals surface area (Å²) >= 11 is 11.0. The molecule has 3 aromatic carbocycles. The topological polar surface area (TPSA) is 63.2 Å². The molecule has 4 unspecified atom stereocenters. The maximum Gasteiger partial charge on any atom is 0.263 e. The molecule has 504 valence electrons. The Morgan fingerprint density at radius 3 is 1.15 bits per heavy atom. The predicted octanol–water partition coefficient (Wildman–Crippen LogP) is 28.3. The van der Waals surface area contributed by atoms with Crippen molar-refractivity contribution in [3.8, 4) is 30.6 Å². The lowest BCUT2D eigenvalue weighted by Crippen LogP contribution is -2.31. The molecule has 1 aliphatic rings. The lowest BCUT2D eigenvalue weighted by Gasteiger charge is -2.18. The Labute approximate surface area is 585 Å². The number of rotatable bonds is 42. The van der Waals surface area contributed by atoms with Crippen molar-refractivity contribution < 1.29 is 9.59 Å². The molecule has 0 spiro atoms. The van der Waals surface area contributed by atoms with E-state index < -0.39 is 0 Å². The van der Waals surface area contributed by atoms with Gasteiger partial charge in [-0.2, -0.15) is 8.75 Å². The predicted molar refractivity (Wildman–Crippen MR) is 416 cm³/mol. The van der Waals surface area contributed by atoms with Gasteiger partial charge >= 0.3 is 0 Å². The van der Waals surface area contributed by atoms with E-state index in [0.29, 0.717) is 29.5 Å². The fraction of sp³-hybridized carbons (Fsp3) is 0.610. The highest BCUT2D eigenvalue weighted by Gasteiger charge is 2.41. The summed E-state index contributed by atoms with van der Waals surface area (Å²) in [5, 5.41) is 5.77. The average molecular weight is 1370 g/mol. The molecule has 9 aromatic rings. The van der Waals surface area contributed by atoms with Gasteiger partial charge < -0.3 is 0 Å². The molecule has 4 atom stereocenters. The van der Waals surface area contributed by atoms with Crippen LogP contribution in [-0.2, 0) is 25.7 Å². The summed E-state index contributed by atoms with van der Waals surface area (Å²) in [6.45, 7) is 26.1. The number of carbonyl (C=O) groups is 2. The van der Waals surface area contributed by atoms with Gasteiger partial charge in [0, 0.05) is 60.9 Å². The summed E-state index contributed by atoms with van der Waals surface area (Å²) in [6.07, 6.45) is 41.6. The Hall–Kier alpha value is -3.84. The number of nitrogens with zero attached hydrogens (tertiary/aromatic N) is 3. The minimum Gasteiger partial charge on any atom is -0.274 e. The first-order chi connectivity index (χ1) is 45.4. The minimum atomic E-state index is -0.0848. The zero-order chi connectivity index (χ0) is 65.5. The Morgan fingerprint density at radius 1 is 0.387 bits per heavy atom. The summed E-state index contributed by atoms with van der Waals surface area (Å²) in [5.41, 5.74) is 11.9. The fourth-order valence-electron chi connectivity index (χ4n) is 15.7. The van der Waals surface area contributed by atoms with Crippen LogP contribution >= 0.6 is 68.4 Å². The van der Waals surface area contributed by atoms with Gasteiger partial charge in [-0.15, -0.1) is 56.7 Å². The first-order valence-corrected chi connectivity index (χ1v) is 42.5. The van der Waals surface area contributed by atoms with Crippen LogP contribution in [0.3, 0.4) is 0 Å². The normalized spacial score (nSPS) is 14.2. The smallest absolute Gasteiger partial charge is 0.263 e. The molecule has 1 aliphatic heterocycles. The summed E-state index contributed by atoms with van der Waals surface area (Å²) in [4.78, 5) is 37.8. The number of aryl methyl sites for hydroxylation is 6. The van der Waals surface area contributed by atoms with Crippen LogP contribution < -0.4 is 0 Å². The van der Waals surface area contributed by atoms with Crippen molar-refractivity contribution in [2.45, 2.75) is 294 Å². The van der Waals surface area contributed by atoms with Crippen LogP contribution in [0.25, 0.3) is 82.0 Å². The van der Waals surface area contributed by atoms with E-state index in [-0.39, 0.29) is 11.8 Å². The molecule has 10 rings (SSSR count). The van der Waals surface area contributed by atoms with Crippen molar-refractivity contribution in [3.63, 3.8) is 0 Å². The highest BCUT2D eigenvalue weighted by atomic mass is 32.1. The van der Waals surface area contributed by atoms with E-state index in [4.69, 9.17) is 8.75 Å². The largest absolute Gasteiger partial charge is 0.274 e. The second-order valence-corrected chi connectivity index (χ2v) is 34.4. The zero-order valence-electron chi connectivity index (χ0n) is 59.1. The number of hydrogen-bond acceptors (Lipinski definition) is 10. The van der Waals surface area contributed by atoms with E-state index in [1.807, 2.05) is 45.3 Å². The quantitative estimate of drug-likeness (QED) is 0.0283. The summed E-state index contributed by atoms with van der Waals surface area (Å²) in [6, 6.07) is 15.0. The molecule has 0 bridgehead atoms. The van der Waals surface area contributed by atoms with Crippen molar-refractivity contribution in [2.24, 2.45) is 23.7 Å². The molecule has 0 radical (unpaired) electrons. The minimum absolute atomic E-state index is 0.0839. The van der Waals surface area contributed by atoms with Crippen LogP contribution in [0.5, 0.6) is 0 Å².